The first-order chi connectivity index (χ1) is 15.1. The lowest BCUT2D eigenvalue weighted by Gasteiger charge is -2.46. The molecule has 1 heterocycles. The van der Waals surface area contributed by atoms with Crippen LogP contribution in [0.25, 0.3) is 10.8 Å². The van der Waals surface area contributed by atoms with Crippen LogP contribution in [0.4, 0.5) is 5.69 Å². The second-order valence-electron chi connectivity index (χ2n) is 8.04. The maximum atomic E-state index is 6.83. The average molecular weight is 473 g/mol. The Hall–Kier alpha value is -1.58. The van der Waals surface area contributed by atoms with Crippen LogP contribution in [0.3, 0.4) is 0 Å². The van der Waals surface area contributed by atoms with Gasteiger partial charge in [-0.05, 0) is 65.8 Å². The van der Waals surface area contributed by atoms with Gasteiger partial charge < -0.3 is 4.52 Å². The van der Waals surface area contributed by atoms with Gasteiger partial charge in [0.2, 0.25) is 0 Å². The minimum atomic E-state index is -2.48. The Bertz CT molecular complexity index is 1080. The fraction of sp³-hybridized carbons (Fsp3) is 0.360. The van der Waals surface area contributed by atoms with Crippen LogP contribution >= 0.6 is 18.2 Å². The summed E-state index contributed by atoms with van der Waals surface area (Å²) in [6.07, 6.45) is 4.51. The van der Waals surface area contributed by atoms with Gasteiger partial charge in [0.15, 0.2) is 0 Å². The molecule has 0 spiro atoms. The van der Waals surface area contributed by atoms with Gasteiger partial charge in [-0.2, -0.15) is 0 Å². The zero-order valence-electron chi connectivity index (χ0n) is 18.3. The summed E-state index contributed by atoms with van der Waals surface area (Å²) in [4.78, 5) is 0. The fourth-order valence-electron chi connectivity index (χ4n) is 4.09. The number of halogens is 1. The van der Waals surface area contributed by atoms with Crippen LogP contribution in [0.2, 0.25) is 5.02 Å². The third kappa shape index (κ3) is 4.64. The number of anilines is 1. The molecule has 0 fully saturated rings. The van der Waals surface area contributed by atoms with E-state index in [9.17, 15) is 0 Å². The highest BCUT2D eigenvalue weighted by Gasteiger charge is 2.40. The molecule has 0 saturated heterocycles. The van der Waals surface area contributed by atoms with E-state index in [-0.39, 0.29) is 0 Å². The number of nitrogens with zero attached hydrogens (tertiary/aromatic N) is 2. The second-order valence-corrected chi connectivity index (χ2v) is 12.1. The van der Waals surface area contributed by atoms with E-state index in [1.807, 2.05) is 12.1 Å². The lowest BCUT2D eigenvalue weighted by molar-refractivity contribution is 0.384. The second kappa shape index (κ2) is 9.92. The molecular formula is C25H30ClN2OPS. The molecule has 31 heavy (non-hydrogen) atoms. The van der Waals surface area contributed by atoms with Crippen molar-refractivity contribution in [3.05, 3.63) is 71.2 Å². The van der Waals surface area contributed by atoms with Crippen LogP contribution in [0.5, 0.6) is 5.75 Å². The fourth-order valence-corrected chi connectivity index (χ4v) is 7.88. The molecule has 1 aliphatic heterocycles. The number of hydrogen-bond donors (Lipinski definition) is 0. The number of benzene rings is 3. The third-order valence-corrected chi connectivity index (χ3v) is 10.1. The van der Waals surface area contributed by atoms with Gasteiger partial charge in [0.05, 0.1) is 6.54 Å². The lowest BCUT2D eigenvalue weighted by Crippen LogP contribution is -2.38. The van der Waals surface area contributed by atoms with E-state index < -0.39 is 6.57 Å². The van der Waals surface area contributed by atoms with E-state index >= 15 is 0 Å². The number of rotatable bonds is 8. The maximum Gasteiger partial charge on any atom is 0.279 e. The van der Waals surface area contributed by atoms with E-state index in [0.717, 1.165) is 61.8 Å². The first-order valence-electron chi connectivity index (χ1n) is 11.2. The molecule has 6 heteroatoms. The minimum absolute atomic E-state index is 0.731. The summed E-state index contributed by atoms with van der Waals surface area (Å²) in [7, 11) is 0. The van der Waals surface area contributed by atoms with Gasteiger partial charge in [-0.25, -0.2) is 4.67 Å². The van der Waals surface area contributed by atoms with E-state index in [1.54, 1.807) is 0 Å². The number of fused-ring (bicyclic) bond motifs is 3. The standard InChI is InChI=1S/C25H30ClN2OPS/c1-3-5-17-27(18-6-4-2)30(31)28(22-14-12-21(26)13-15-22)19-24-23-10-8-7-9-20(23)11-16-25(24)29-30/h7-16H,3-6,17-19H2,1-2H3. The van der Waals surface area contributed by atoms with Gasteiger partial charge in [0, 0.05) is 29.4 Å². The first-order valence-corrected chi connectivity index (χ1v) is 14.2. The Kier molecular flexibility index (Phi) is 7.23. The topological polar surface area (TPSA) is 15.7 Å². The molecule has 0 N–H and O–H groups in total. The van der Waals surface area contributed by atoms with Crippen LogP contribution in [-0.2, 0) is 18.4 Å². The van der Waals surface area contributed by atoms with Gasteiger partial charge in [0.25, 0.3) is 6.57 Å². The van der Waals surface area contributed by atoms with Crippen molar-refractivity contribution in [3.63, 3.8) is 0 Å². The highest BCUT2D eigenvalue weighted by Crippen LogP contribution is 2.61. The van der Waals surface area contributed by atoms with E-state index in [0.29, 0.717) is 0 Å². The Morgan fingerprint density at radius 3 is 2.32 bits per heavy atom. The van der Waals surface area contributed by atoms with Crippen molar-refractivity contribution in [1.29, 1.82) is 0 Å². The Labute approximate surface area is 196 Å². The quantitative estimate of drug-likeness (QED) is 0.308. The molecule has 1 atom stereocenters. The summed E-state index contributed by atoms with van der Waals surface area (Å²) in [5.74, 6) is 0.935. The molecule has 3 nitrogen and oxygen atoms in total. The Morgan fingerprint density at radius 1 is 0.968 bits per heavy atom. The molecule has 1 aliphatic rings. The van der Waals surface area contributed by atoms with Crippen LogP contribution < -0.4 is 9.19 Å². The molecular weight excluding hydrogens is 443 g/mol. The molecule has 0 bridgehead atoms. The Balaban J connectivity index is 1.83. The zero-order valence-corrected chi connectivity index (χ0v) is 20.7. The predicted octanol–water partition coefficient (Wildman–Crippen LogP) is 8.02. The maximum absolute atomic E-state index is 6.83. The molecule has 0 amide bonds. The van der Waals surface area contributed by atoms with Crippen LogP contribution in [0.1, 0.15) is 45.1 Å². The molecule has 0 aliphatic carbocycles. The summed E-state index contributed by atoms with van der Waals surface area (Å²) in [5.41, 5.74) is 2.28. The van der Waals surface area contributed by atoms with E-state index in [4.69, 9.17) is 27.9 Å². The van der Waals surface area contributed by atoms with Gasteiger partial charge in [0.1, 0.15) is 5.75 Å². The summed E-state index contributed by atoms with van der Waals surface area (Å²) in [6.45, 7) is 4.63. The van der Waals surface area contributed by atoms with Gasteiger partial charge in [-0.1, -0.05) is 68.6 Å². The number of unbranched alkanes of at least 4 members (excludes halogenated alkanes) is 2. The van der Waals surface area contributed by atoms with Crippen LogP contribution in [0.15, 0.2) is 60.7 Å². The molecule has 4 rings (SSSR count). The lowest BCUT2D eigenvalue weighted by atomic mass is 10.0. The molecule has 0 aromatic heterocycles. The summed E-state index contributed by atoms with van der Waals surface area (Å²) >= 11 is 12.6. The summed E-state index contributed by atoms with van der Waals surface area (Å²) < 4.78 is 11.6. The Morgan fingerprint density at radius 2 is 1.65 bits per heavy atom. The van der Waals surface area contributed by atoms with Crippen molar-refractivity contribution in [3.8, 4) is 5.75 Å². The predicted molar refractivity (Wildman–Crippen MR) is 138 cm³/mol. The molecule has 1 unspecified atom stereocenters. The first kappa shape index (κ1) is 22.6. The highest BCUT2D eigenvalue weighted by molar-refractivity contribution is 8.12. The van der Waals surface area contributed by atoms with Gasteiger partial charge in [-0.3, -0.25) is 4.67 Å². The molecule has 0 saturated carbocycles. The normalized spacial score (nSPS) is 18.3. The third-order valence-electron chi connectivity index (χ3n) is 5.85. The average Bonchev–Trinajstić information content (AvgIpc) is 2.79. The van der Waals surface area contributed by atoms with Gasteiger partial charge in [-0.15, -0.1) is 0 Å². The van der Waals surface area contributed by atoms with Crippen LogP contribution in [-0.4, -0.2) is 17.8 Å². The van der Waals surface area contributed by atoms with Crippen molar-refractivity contribution in [1.82, 2.24) is 4.67 Å². The summed E-state index contributed by atoms with van der Waals surface area (Å²) in [6, 6.07) is 20.8. The summed E-state index contributed by atoms with van der Waals surface area (Å²) in [5, 5.41) is 3.19. The van der Waals surface area contributed by atoms with E-state index in [2.05, 4.69) is 71.7 Å². The smallest absolute Gasteiger partial charge is 0.279 e. The molecule has 3 aromatic carbocycles. The minimum Gasteiger partial charge on any atom is -0.437 e. The van der Waals surface area contributed by atoms with E-state index in [1.165, 1.54) is 16.3 Å². The largest absolute Gasteiger partial charge is 0.437 e. The van der Waals surface area contributed by atoms with Crippen molar-refractivity contribution in [2.75, 3.05) is 17.8 Å². The SMILES string of the molecule is CCCCN(CCCC)P1(=S)Oc2ccc3ccccc3c2CN1c1ccc(Cl)cc1. The van der Waals surface area contributed by atoms with Crippen molar-refractivity contribution < 1.29 is 4.52 Å². The van der Waals surface area contributed by atoms with Crippen molar-refractivity contribution in [2.24, 2.45) is 0 Å². The van der Waals surface area contributed by atoms with Crippen LogP contribution in [0, 0.1) is 0 Å². The monoisotopic (exact) mass is 472 g/mol. The highest BCUT2D eigenvalue weighted by atomic mass is 35.5. The molecule has 3 aromatic rings. The van der Waals surface area contributed by atoms with Crippen molar-refractivity contribution >= 4 is 46.4 Å². The number of hydrogen-bond acceptors (Lipinski definition) is 2. The van der Waals surface area contributed by atoms with Gasteiger partial charge >= 0.3 is 0 Å². The molecule has 0 radical (unpaired) electrons. The van der Waals surface area contributed by atoms with Crippen molar-refractivity contribution in [2.45, 2.75) is 46.1 Å². The molecule has 164 valence electrons. The zero-order chi connectivity index (χ0) is 21.8.